The standard InChI is InChI=1S/C45H75N15O14S/c1-22(2)16-28(37(67)59-32(21-75)41(71)54-27(43(73)74)13-9-15-52-45(49)50)55-40(70)31(20-62)58-42(72)34(23(3)4)60-36(66)26(12-8-14-51-44(47)48)53-38(68)29(18-33(63)64)56-39(69)30(19-61)57-35(65)25(46)17-24-10-6-5-7-11-24/h5-7,10-11,22-23,25-32,34,61-62,75H,8-9,12-21,46H2,1-4H3,(H,53,68)(H,54,71)(H,55,70)(H,56,69)(H,57,65)(H,58,72)(H,59,67)(H,60,66)(H,63,64)(H,73,74)(H4,47,48,51)(H4,49,50,52)/t25-,26-,27-,28-,29-,30-,31-,32-,34-/m0/s1. The summed E-state index contributed by atoms with van der Waals surface area (Å²) in [5.41, 5.74) is 28.1. The Morgan fingerprint density at radius 2 is 0.960 bits per heavy atom. The highest BCUT2D eigenvalue weighted by molar-refractivity contribution is 7.80. The van der Waals surface area contributed by atoms with Crippen molar-refractivity contribution in [3.05, 3.63) is 35.9 Å². The van der Waals surface area contributed by atoms with Crippen LogP contribution >= 0.6 is 12.6 Å². The van der Waals surface area contributed by atoms with Crippen molar-refractivity contribution in [1.29, 1.82) is 0 Å². The number of carbonyl (C=O) groups excluding carboxylic acids is 8. The van der Waals surface area contributed by atoms with Crippen molar-refractivity contribution in [2.24, 2.45) is 50.5 Å². The molecule has 29 nitrogen and oxygen atoms in total. The number of aliphatic imine (C=N–C) groups is 2. The predicted octanol–water partition coefficient (Wildman–Crippen LogP) is -6.28. The molecule has 0 aliphatic rings. The maximum Gasteiger partial charge on any atom is 0.326 e. The minimum absolute atomic E-state index is 0.0203. The van der Waals surface area contributed by atoms with E-state index >= 15 is 0 Å². The molecule has 1 aromatic rings. The predicted molar refractivity (Wildman–Crippen MR) is 276 cm³/mol. The number of aliphatic hydroxyl groups excluding tert-OH is 2. The Kier molecular flexibility index (Phi) is 30.0. The summed E-state index contributed by atoms with van der Waals surface area (Å²) in [5.74, 6) is -12.8. The highest BCUT2D eigenvalue weighted by Crippen LogP contribution is 2.10. The fraction of sp³-hybridized carbons (Fsp3) is 0.600. The van der Waals surface area contributed by atoms with E-state index in [1.54, 1.807) is 44.2 Å². The number of carbonyl (C=O) groups is 10. The van der Waals surface area contributed by atoms with Crippen molar-refractivity contribution in [1.82, 2.24) is 42.5 Å². The van der Waals surface area contributed by atoms with Crippen LogP contribution < -0.4 is 71.2 Å². The monoisotopic (exact) mass is 1080 g/mol. The molecule has 9 atom stereocenters. The average Bonchev–Trinajstić information content (AvgIpc) is 3.33. The van der Waals surface area contributed by atoms with Gasteiger partial charge in [0.05, 0.1) is 25.7 Å². The van der Waals surface area contributed by atoms with E-state index in [9.17, 15) is 68.4 Å². The second-order valence-corrected chi connectivity index (χ2v) is 18.3. The minimum atomic E-state index is -1.90. The first-order valence-corrected chi connectivity index (χ1v) is 24.5. The molecular weight excluding hydrogens is 1010 g/mol. The molecule has 30 heteroatoms. The fourth-order valence-corrected chi connectivity index (χ4v) is 7.11. The smallest absolute Gasteiger partial charge is 0.326 e. The zero-order valence-corrected chi connectivity index (χ0v) is 43.2. The molecule has 0 bridgehead atoms. The van der Waals surface area contributed by atoms with E-state index in [1.807, 2.05) is 0 Å². The number of hydrogen-bond acceptors (Lipinski definition) is 16. The first-order chi connectivity index (χ1) is 35.2. The summed E-state index contributed by atoms with van der Waals surface area (Å²) < 4.78 is 0. The van der Waals surface area contributed by atoms with E-state index in [2.05, 4.69) is 65.1 Å². The SMILES string of the molecule is CC(C)C[C@H](NC(=O)[C@H](CO)NC(=O)[C@@H](NC(=O)[C@H](CCCN=C(N)N)NC(=O)[C@H](CC(=O)O)NC(=O)[C@H](CO)NC(=O)[C@@H](N)Cc1ccccc1)C(C)C)C(=O)N[C@@H](CS)C(=O)N[C@@H](CCCN=C(N)N)C(=O)O. The first-order valence-electron chi connectivity index (χ1n) is 23.8. The van der Waals surface area contributed by atoms with Crippen molar-refractivity contribution in [3.63, 3.8) is 0 Å². The van der Waals surface area contributed by atoms with E-state index in [4.69, 9.17) is 28.7 Å². The van der Waals surface area contributed by atoms with Gasteiger partial charge in [0.1, 0.15) is 48.3 Å². The molecule has 0 unspecified atom stereocenters. The van der Waals surface area contributed by atoms with E-state index in [0.29, 0.717) is 5.56 Å². The van der Waals surface area contributed by atoms with Gasteiger partial charge in [-0.2, -0.15) is 12.6 Å². The number of thiol groups is 1. The largest absolute Gasteiger partial charge is 0.481 e. The maximum absolute atomic E-state index is 14.0. The number of carboxylic acids is 2. The van der Waals surface area contributed by atoms with Crippen molar-refractivity contribution >= 4 is 83.7 Å². The molecule has 22 N–H and O–H groups in total. The minimum Gasteiger partial charge on any atom is -0.481 e. The van der Waals surface area contributed by atoms with Crippen LogP contribution in [0.4, 0.5) is 0 Å². The normalized spacial score (nSPS) is 14.6. The van der Waals surface area contributed by atoms with Gasteiger partial charge in [0.25, 0.3) is 0 Å². The summed E-state index contributed by atoms with van der Waals surface area (Å²) in [4.78, 5) is 139. The highest BCUT2D eigenvalue weighted by Gasteiger charge is 2.36. The molecule has 0 fully saturated rings. The number of carboxylic acid groups (broad SMARTS) is 2. The fourth-order valence-electron chi connectivity index (χ4n) is 6.85. The highest BCUT2D eigenvalue weighted by atomic mass is 32.1. The second-order valence-electron chi connectivity index (χ2n) is 18.0. The quantitative estimate of drug-likeness (QED) is 0.0130. The van der Waals surface area contributed by atoms with Gasteiger partial charge in [-0.15, -0.1) is 0 Å². The van der Waals surface area contributed by atoms with Crippen LogP contribution in [0, 0.1) is 11.8 Å². The molecule has 8 amide bonds. The number of nitrogens with zero attached hydrogens (tertiary/aromatic N) is 2. The molecule has 0 radical (unpaired) electrons. The van der Waals surface area contributed by atoms with Gasteiger partial charge in [-0.3, -0.25) is 53.1 Å². The molecule has 0 saturated carbocycles. The van der Waals surface area contributed by atoms with Gasteiger partial charge in [-0.25, -0.2) is 4.79 Å². The summed E-state index contributed by atoms with van der Waals surface area (Å²) >= 11 is 4.13. The summed E-state index contributed by atoms with van der Waals surface area (Å²) in [5, 5.41) is 58.4. The van der Waals surface area contributed by atoms with Gasteiger partial charge in [-0.05, 0) is 55.9 Å². The van der Waals surface area contributed by atoms with Gasteiger partial charge < -0.3 is 91.6 Å². The lowest BCUT2D eigenvalue weighted by molar-refractivity contribution is -0.142. The molecular formula is C45H75N15O14S. The third-order valence-electron chi connectivity index (χ3n) is 10.8. The van der Waals surface area contributed by atoms with Gasteiger partial charge in [0.2, 0.25) is 47.3 Å². The Balaban J connectivity index is 3.28. The average molecular weight is 1080 g/mol. The summed E-state index contributed by atoms with van der Waals surface area (Å²) in [6.07, 6.45) is -1.08. The lowest BCUT2D eigenvalue weighted by Crippen LogP contribution is -2.62. The number of aliphatic hydroxyl groups is 2. The van der Waals surface area contributed by atoms with Crippen LogP contribution in [0.2, 0.25) is 0 Å². The Bertz CT molecular complexity index is 2150. The van der Waals surface area contributed by atoms with Crippen LogP contribution in [0.3, 0.4) is 0 Å². The third-order valence-corrected chi connectivity index (χ3v) is 11.2. The van der Waals surface area contributed by atoms with Crippen LogP contribution in [-0.2, 0) is 54.4 Å². The molecule has 0 aliphatic carbocycles. The van der Waals surface area contributed by atoms with Crippen LogP contribution in [0.25, 0.3) is 0 Å². The van der Waals surface area contributed by atoms with Crippen molar-refractivity contribution in [2.75, 3.05) is 32.1 Å². The van der Waals surface area contributed by atoms with Crippen LogP contribution in [0.15, 0.2) is 40.3 Å². The molecule has 0 aliphatic heterocycles. The maximum atomic E-state index is 14.0. The topological polar surface area (TPSA) is 503 Å². The number of hydrogen-bond donors (Lipinski definition) is 18. The number of rotatable bonds is 35. The third kappa shape index (κ3) is 25.5. The summed E-state index contributed by atoms with van der Waals surface area (Å²) in [6.45, 7) is 4.48. The number of amides is 8. The zero-order valence-electron chi connectivity index (χ0n) is 42.3. The van der Waals surface area contributed by atoms with Crippen LogP contribution in [-0.4, -0.2) is 178 Å². The van der Waals surface area contributed by atoms with Crippen molar-refractivity contribution in [3.8, 4) is 0 Å². The summed E-state index contributed by atoms with van der Waals surface area (Å²) in [7, 11) is 0. The van der Waals surface area contributed by atoms with Crippen LogP contribution in [0.5, 0.6) is 0 Å². The first kappa shape index (κ1) is 65.7. The molecule has 0 aromatic heterocycles. The lowest BCUT2D eigenvalue weighted by atomic mass is 10.0. The molecule has 1 aromatic carbocycles. The zero-order chi connectivity index (χ0) is 56.9. The molecule has 0 heterocycles. The Hall–Kier alpha value is -7.31. The van der Waals surface area contributed by atoms with Crippen LogP contribution in [0.1, 0.15) is 71.8 Å². The molecule has 75 heavy (non-hydrogen) atoms. The molecule has 0 saturated heterocycles. The second kappa shape index (κ2) is 34.2. The van der Waals surface area contributed by atoms with E-state index in [-0.39, 0.29) is 75.2 Å². The Morgan fingerprint density at radius 1 is 0.547 bits per heavy atom. The van der Waals surface area contributed by atoms with Crippen molar-refractivity contribution < 1.29 is 68.4 Å². The summed E-state index contributed by atoms with van der Waals surface area (Å²) in [6, 6.07) is -5.05. The molecule has 0 spiro atoms. The number of aliphatic carboxylic acids is 2. The van der Waals surface area contributed by atoms with Crippen molar-refractivity contribution in [2.45, 2.75) is 127 Å². The number of nitrogens with two attached hydrogens (primary N) is 5. The molecule has 1 rings (SSSR count). The van der Waals surface area contributed by atoms with Gasteiger partial charge in [-0.1, -0.05) is 58.0 Å². The number of guanidine groups is 2. The lowest BCUT2D eigenvalue weighted by Gasteiger charge is -2.29. The number of benzene rings is 1. The molecule has 420 valence electrons. The van der Waals surface area contributed by atoms with E-state index in [1.165, 1.54) is 13.8 Å². The van der Waals surface area contributed by atoms with E-state index < -0.39 is 139 Å². The van der Waals surface area contributed by atoms with E-state index in [0.717, 1.165) is 0 Å². The van der Waals surface area contributed by atoms with Gasteiger partial charge >= 0.3 is 11.9 Å². The van der Waals surface area contributed by atoms with Gasteiger partial charge in [0.15, 0.2) is 11.9 Å². The Labute approximate surface area is 439 Å². The van der Waals surface area contributed by atoms with Gasteiger partial charge in [0, 0.05) is 18.8 Å². The Morgan fingerprint density at radius 3 is 1.43 bits per heavy atom. The number of nitrogens with one attached hydrogen (secondary N) is 8.